The lowest BCUT2D eigenvalue weighted by Gasteiger charge is -2.31. The minimum absolute atomic E-state index is 0.153. The summed E-state index contributed by atoms with van der Waals surface area (Å²) in [7, 11) is -1.70. The zero-order chi connectivity index (χ0) is 24.7. The molecule has 0 aliphatic carbocycles. The highest BCUT2D eigenvalue weighted by Gasteiger charge is 2.29. The molecule has 1 aliphatic heterocycles. The van der Waals surface area contributed by atoms with Crippen molar-refractivity contribution in [3.8, 4) is 16.9 Å². The fourth-order valence-corrected chi connectivity index (χ4v) is 4.92. The van der Waals surface area contributed by atoms with Crippen LogP contribution in [-0.2, 0) is 33.2 Å². The van der Waals surface area contributed by atoms with Crippen molar-refractivity contribution in [1.29, 1.82) is 0 Å². The van der Waals surface area contributed by atoms with E-state index in [1.54, 1.807) is 19.4 Å². The van der Waals surface area contributed by atoms with Crippen molar-refractivity contribution in [3.63, 3.8) is 0 Å². The van der Waals surface area contributed by atoms with Gasteiger partial charge < -0.3 is 14.5 Å². The molecule has 4 rings (SSSR count). The standard InChI is InChI=1S/C26H30N2O5S/c1-26(2,3)22-13-17(20-7-6-10-27-25(20)29)12-21(24(22)32-4)23-14-16-8-9-19(28-34(5,30)31)11-18(16)15-33-23/h6-13,23,28H,14-15H2,1-5H3,(H,27,29). The Balaban J connectivity index is 1.79. The number of rotatable bonds is 5. The van der Waals surface area contributed by atoms with Crippen LogP contribution in [0.2, 0.25) is 0 Å². The lowest BCUT2D eigenvalue weighted by molar-refractivity contribution is 0.0259. The Kier molecular flexibility index (Phi) is 6.31. The molecule has 1 unspecified atom stereocenters. The van der Waals surface area contributed by atoms with Crippen molar-refractivity contribution in [2.75, 3.05) is 18.1 Å². The number of hydrogen-bond acceptors (Lipinski definition) is 5. The van der Waals surface area contributed by atoms with Crippen LogP contribution in [0.3, 0.4) is 0 Å². The number of H-pyrrole nitrogens is 1. The molecule has 1 aromatic heterocycles. The van der Waals surface area contributed by atoms with Crippen molar-refractivity contribution >= 4 is 15.7 Å². The summed E-state index contributed by atoms with van der Waals surface area (Å²) in [5.41, 5.74) is 5.43. The molecular formula is C26H30N2O5S. The Bertz CT molecular complexity index is 1390. The van der Waals surface area contributed by atoms with E-state index in [1.807, 2.05) is 36.4 Å². The van der Waals surface area contributed by atoms with Crippen LogP contribution in [0.1, 0.15) is 49.1 Å². The number of anilines is 1. The van der Waals surface area contributed by atoms with Crippen molar-refractivity contribution in [1.82, 2.24) is 4.98 Å². The number of hydrogen-bond donors (Lipinski definition) is 2. The molecule has 7 nitrogen and oxygen atoms in total. The molecule has 0 saturated carbocycles. The predicted molar refractivity (Wildman–Crippen MR) is 134 cm³/mol. The fraction of sp³-hybridized carbons (Fsp3) is 0.346. The van der Waals surface area contributed by atoms with Crippen molar-refractivity contribution in [2.24, 2.45) is 0 Å². The number of benzene rings is 2. The molecule has 0 saturated heterocycles. The number of fused-ring (bicyclic) bond motifs is 1. The van der Waals surface area contributed by atoms with E-state index in [0.29, 0.717) is 24.3 Å². The first-order valence-corrected chi connectivity index (χ1v) is 13.0. The van der Waals surface area contributed by atoms with Gasteiger partial charge >= 0.3 is 0 Å². The average molecular weight is 483 g/mol. The van der Waals surface area contributed by atoms with E-state index in [0.717, 1.165) is 39.8 Å². The highest BCUT2D eigenvalue weighted by atomic mass is 32.2. The van der Waals surface area contributed by atoms with Gasteiger partial charge in [0.2, 0.25) is 10.0 Å². The first-order valence-electron chi connectivity index (χ1n) is 11.1. The van der Waals surface area contributed by atoms with Crippen LogP contribution in [0.4, 0.5) is 5.69 Å². The second-order valence-corrected chi connectivity index (χ2v) is 11.4. The zero-order valence-corrected chi connectivity index (χ0v) is 20.9. The molecule has 2 heterocycles. The van der Waals surface area contributed by atoms with Gasteiger partial charge in [-0.2, -0.15) is 0 Å². The molecule has 2 N–H and O–H groups in total. The van der Waals surface area contributed by atoms with E-state index in [2.05, 4.69) is 30.5 Å². The number of methoxy groups -OCH3 is 1. The summed E-state index contributed by atoms with van der Waals surface area (Å²) in [6.45, 7) is 6.67. The summed E-state index contributed by atoms with van der Waals surface area (Å²) in [4.78, 5) is 15.3. The molecule has 1 atom stereocenters. The van der Waals surface area contributed by atoms with E-state index in [1.165, 1.54) is 0 Å². The van der Waals surface area contributed by atoms with E-state index < -0.39 is 10.0 Å². The first kappa shape index (κ1) is 24.0. The van der Waals surface area contributed by atoms with Crippen LogP contribution in [0.5, 0.6) is 5.75 Å². The maximum Gasteiger partial charge on any atom is 0.255 e. The Labute approximate surface area is 200 Å². The van der Waals surface area contributed by atoms with Crippen LogP contribution in [0.25, 0.3) is 11.1 Å². The van der Waals surface area contributed by atoms with Gasteiger partial charge in [-0.05, 0) is 58.5 Å². The predicted octanol–water partition coefficient (Wildman–Crippen LogP) is 4.53. The maximum atomic E-state index is 12.6. The van der Waals surface area contributed by atoms with Gasteiger partial charge in [-0.1, -0.05) is 26.8 Å². The number of nitrogens with one attached hydrogen (secondary N) is 2. The van der Waals surface area contributed by atoms with Gasteiger partial charge in [0, 0.05) is 35.0 Å². The summed E-state index contributed by atoms with van der Waals surface area (Å²) < 4.78 is 37.8. The van der Waals surface area contributed by atoms with E-state index in [-0.39, 0.29) is 17.1 Å². The third-order valence-corrected chi connectivity index (χ3v) is 6.57. The van der Waals surface area contributed by atoms with Crippen LogP contribution >= 0.6 is 0 Å². The van der Waals surface area contributed by atoms with Gasteiger partial charge in [-0.15, -0.1) is 0 Å². The number of pyridine rings is 1. The lowest BCUT2D eigenvalue weighted by Crippen LogP contribution is -2.20. The quantitative estimate of drug-likeness (QED) is 0.557. The van der Waals surface area contributed by atoms with Crippen LogP contribution < -0.4 is 15.0 Å². The molecule has 0 amide bonds. The molecule has 0 radical (unpaired) electrons. The molecule has 0 bridgehead atoms. The molecule has 8 heteroatoms. The smallest absolute Gasteiger partial charge is 0.255 e. The highest BCUT2D eigenvalue weighted by molar-refractivity contribution is 7.92. The lowest BCUT2D eigenvalue weighted by atomic mass is 9.81. The second-order valence-electron chi connectivity index (χ2n) is 9.67. The summed E-state index contributed by atoms with van der Waals surface area (Å²) >= 11 is 0. The van der Waals surface area contributed by atoms with Crippen LogP contribution in [-0.4, -0.2) is 26.8 Å². The summed E-state index contributed by atoms with van der Waals surface area (Å²) in [5, 5.41) is 0. The second kappa shape index (κ2) is 8.92. The Morgan fingerprint density at radius 2 is 1.88 bits per heavy atom. The van der Waals surface area contributed by atoms with E-state index >= 15 is 0 Å². The largest absolute Gasteiger partial charge is 0.496 e. The molecule has 1 aliphatic rings. The first-order chi connectivity index (χ1) is 16.0. The number of sulfonamides is 1. The van der Waals surface area contributed by atoms with Gasteiger partial charge in [0.25, 0.3) is 5.56 Å². The van der Waals surface area contributed by atoms with Crippen molar-refractivity contribution in [3.05, 3.63) is 81.3 Å². The van der Waals surface area contributed by atoms with E-state index in [4.69, 9.17) is 9.47 Å². The van der Waals surface area contributed by atoms with Gasteiger partial charge in [0.15, 0.2) is 0 Å². The van der Waals surface area contributed by atoms with Gasteiger partial charge in [-0.25, -0.2) is 8.42 Å². The van der Waals surface area contributed by atoms with Crippen LogP contribution in [0, 0.1) is 0 Å². The number of ether oxygens (including phenoxy) is 2. The normalized spacial score (nSPS) is 16.1. The number of aromatic amines is 1. The van der Waals surface area contributed by atoms with Crippen molar-refractivity contribution < 1.29 is 17.9 Å². The maximum absolute atomic E-state index is 12.6. The molecular weight excluding hydrogens is 452 g/mol. The average Bonchev–Trinajstić information content (AvgIpc) is 2.76. The topological polar surface area (TPSA) is 97.5 Å². The number of aromatic nitrogens is 1. The third kappa shape index (κ3) is 5.03. The van der Waals surface area contributed by atoms with Gasteiger partial charge in [0.05, 0.1) is 26.1 Å². The SMILES string of the molecule is COc1c(C2Cc3ccc(NS(C)(=O)=O)cc3CO2)cc(-c2ccc[nH]c2=O)cc1C(C)(C)C. The summed E-state index contributed by atoms with van der Waals surface area (Å²) in [6, 6.07) is 13.1. The molecule has 0 fully saturated rings. The molecule has 34 heavy (non-hydrogen) atoms. The monoisotopic (exact) mass is 482 g/mol. The minimum Gasteiger partial charge on any atom is -0.496 e. The third-order valence-electron chi connectivity index (χ3n) is 5.96. The Hall–Kier alpha value is -3.10. The molecule has 2 aromatic carbocycles. The van der Waals surface area contributed by atoms with Crippen molar-refractivity contribution in [2.45, 2.75) is 45.3 Å². The molecule has 3 aromatic rings. The molecule has 0 spiro atoms. The zero-order valence-electron chi connectivity index (χ0n) is 20.1. The van der Waals surface area contributed by atoms with Crippen LogP contribution in [0.15, 0.2) is 53.5 Å². The minimum atomic E-state index is -3.36. The van der Waals surface area contributed by atoms with Gasteiger partial charge in [0.1, 0.15) is 5.75 Å². The summed E-state index contributed by atoms with van der Waals surface area (Å²) in [5.74, 6) is 0.757. The Morgan fingerprint density at radius 3 is 2.53 bits per heavy atom. The molecule has 180 valence electrons. The fourth-order valence-electron chi connectivity index (χ4n) is 4.37. The van der Waals surface area contributed by atoms with Gasteiger partial charge in [-0.3, -0.25) is 9.52 Å². The Morgan fingerprint density at radius 1 is 1.12 bits per heavy atom. The highest BCUT2D eigenvalue weighted by Crippen LogP contribution is 2.43. The van der Waals surface area contributed by atoms with E-state index in [9.17, 15) is 13.2 Å². The summed E-state index contributed by atoms with van der Waals surface area (Å²) in [6.07, 6.45) is 3.07.